The summed E-state index contributed by atoms with van der Waals surface area (Å²) in [5.41, 5.74) is 0.896. The maximum atomic E-state index is 13.7. The van der Waals surface area contributed by atoms with Gasteiger partial charge in [-0.1, -0.05) is 6.07 Å². The van der Waals surface area contributed by atoms with Gasteiger partial charge in [0.15, 0.2) is 0 Å². The summed E-state index contributed by atoms with van der Waals surface area (Å²) in [6, 6.07) is 9.61. The van der Waals surface area contributed by atoms with Crippen LogP contribution < -0.4 is 10.2 Å². The molecule has 1 saturated heterocycles. The number of hydrogen-bond acceptors (Lipinski definition) is 2. The molecule has 1 heterocycles. The van der Waals surface area contributed by atoms with Crippen LogP contribution in [-0.2, 0) is 4.79 Å². The Bertz CT molecular complexity index is 792. The lowest BCUT2D eigenvalue weighted by Gasteiger charge is -2.27. The van der Waals surface area contributed by atoms with Crippen LogP contribution in [0.15, 0.2) is 42.5 Å². The van der Waals surface area contributed by atoms with E-state index in [1.165, 1.54) is 0 Å². The summed E-state index contributed by atoms with van der Waals surface area (Å²) in [5.74, 6) is -2.28. The average Bonchev–Trinajstić information content (AvgIpc) is 2.55. The van der Waals surface area contributed by atoms with Crippen molar-refractivity contribution in [1.82, 2.24) is 0 Å². The zero-order valence-electron chi connectivity index (χ0n) is 12.9. The van der Waals surface area contributed by atoms with Gasteiger partial charge in [-0.2, -0.15) is 0 Å². The molecule has 0 aliphatic carbocycles. The van der Waals surface area contributed by atoms with Crippen molar-refractivity contribution in [2.45, 2.75) is 19.3 Å². The van der Waals surface area contributed by atoms with Gasteiger partial charge in [-0.25, -0.2) is 8.78 Å². The van der Waals surface area contributed by atoms with Crippen molar-refractivity contribution >= 4 is 23.2 Å². The first-order valence-electron chi connectivity index (χ1n) is 7.71. The van der Waals surface area contributed by atoms with Crippen molar-refractivity contribution in [1.29, 1.82) is 0 Å². The molecule has 0 unspecified atom stereocenters. The van der Waals surface area contributed by atoms with Crippen LogP contribution in [0.25, 0.3) is 0 Å². The summed E-state index contributed by atoms with van der Waals surface area (Å²) in [7, 11) is 0. The van der Waals surface area contributed by atoms with Gasteiger partial charge in [-0.05, 0) is 43.2 Å². The Morgan fingerprint density at radius 3 is 2.67 bits per heavy atom. The summed E-state index contributed by atoms with van der Waals surface area (Å²) in [6.07, 6.45) is 2.33. The Balaban J connectivity index is 1.79. The maximum absolute atomic E-state index is 13.7. The van der Waals surface area contributed by atoms with E-state index in [1.807, 2.05) is 0 Å². The highest BCUT2D eigenvalue weighted by Crippen LogP contribution is 2.24. The molecule has 3 rings (SSSR count). The number of amides is 2. The number of anilines is 2. The number of hydrogen-bond donors (Lipinski definition) is 1. The van der Waals surface area contributed by atoms with Gasteiger partial charge in [0.05, 0.1) is 5.56 Å². The maximum Gasteiger partial charge on any atom is 0.258 e. The normalized spacial score (nSPS) is 14.6. The summed E-state index contributed by atoms with van der Waals surface area (Å²) in [6.45, 7) is 0.642. The molecule has 0 spiro atoms. The Labute approximate surface area is 138 Å². The van der Waals surface area contributed by atoms with E-state index in [9.17, 15) is 18.4 Å². The summed E-state index contributed by atoms with van der Waals surface area (Å²) in [4.78, 5) is 25.8. The van der Waals surface area contributed by atoms with Crippen LogP contribution in [0.4, 0.5) is 20.2 Å². The fraction of sp³-hybridized carbons (Fsp3) is 0.222. The Morgan fingerprint density at radius 2 is 1.92 bits per heavy atom. The molecule has 1 fully saturated rings. The number of rotatable bonds is 3. The number of piperidine rings is 1. The molecular weight excluding hydrogens is 314 g/mol. The summed E-state index contributed by atoms with van der Waals surface area (Å²) in [5, 5.41) is 2.57. The molecule has 1 aliphatic rings. The first-order chi connectivity index (χ1) is 11.5. The third-order valence-electron chi connectivity index (χ3n) is 3.91. The molecule has 0 aromatic heterocycles. The van der Waals surface area contributed by atoms with E-state index < -0.39 is 17.5 Å². The van der Waals surface area contributed by atoms with Crippen molar-refractivity contribution < 1.29 is 18.4 Å². The number of nitrogens with one attached hydrogen (secondary N) is 1. The van der Waals surface area contributed by atoms with Crippen molar-refractivity contribution in [2.75, 3.05) is 16.8 Å². The fourth-order valence-corrected chi connectivity index (χ4v) is 2.70. The van der Waals surface area contributed by atoms with Crippen LogP contribution >= 0.6 is 0 Å². The minimum atomic E-state index is -0.921. The van der Waals surface area contributed by atoms with Crippen LogP contribution in [-0.4, -0.2) is 18.4 Å². The van der Waals surface area contributed by atoms with Gasteiger partial charge < -0.3 is 10.2 Å². The van der Waals surface area contributed by atoms with Gasteiger partial charge in [0.1, 0.15) is 11.6 Å². The smallest absolute Gasteiger partial charge is 0.258 e. The lowest BCUT2D eigenvalue weighted by atomic mass is 10.1. The van der Waals surface area contributed by atoms with Gasteiger partial charge in [0.2, 0.25) is 5.91 Å². The van der Waals surface area contributed by atoms with E-state index in [1.54, 1.807) is 29.2 Å². The standard InChI is InChI=1S/C18H16F2N2O2/c19-12-7-8-15(16(20)10-12)18(24)21-13-4-3-5-14(11-13)22-9-2-1-6-17(22)23/h3-5,7-8,10-11H,1-2,6,9H2,(H,21,24). The van der Waals surface area contributed by atoms with Crippen molar-refractivity contribution in [3.05, 3.63) is 59.7 Å². The fourth-order valence-electron chi connectivity index (χ4n) is 2.70. The molecule has 2 aromatic rings. The Kier molecular flexibility index (Phi) is 4.55. The van der Waals surface area contributed by atoms with Gasteiger partial charge in [-0.15, -0.1) is 0 Å². The third-order valence-corrected chi connectivity index (χ3v) is 3.91. The molecule has 1 N–H and O–H groups in total. The van der Waals surface area contributed by atoms with Crippen LogP contribution in [0.2, 0.25) is 0 Å². The van der Waals surface area contributed by atoms with Gasteiger partial charge >= 0.3 is 0 Å². The number of nitrogens with zero attached hydrogens (tertiary/aromatic N) is 1. The van der Waals surface area contributed by atoms with Gasteiger partial charge in [-0.3, -0.25) is 9.59 Å². The molecule has 124 valence electrons. The van der Waals surface area contributed by atoms with E-state index in [2.05, 4.69) is 5.32 Å². The number of carbonyl (C=O) groups excluding carboxylic acids is 2. The number of halogens is 2. The average molecular weight is 330 g/mol. The van der Waals surface area contributed by atoms with Crippen molar-refractivity contribution in [2.24, 2.45) is 0 Å². The second kappa shape index (κ2) is 6.78. The van der Waals surface area contributed by atoms with Crippen molar-refractivity contribution in [3.63, 3.8) is 0 Å². The van der Waals surface area contributed by atoms with Crippen LogP contribution in [0, 0.1) is 11.6 Å². The third kappa shape index (κ3) is 3.42. The van der Waals surface area contributed by atoms with Gasteiger partial charge in [0.25, 0.3) is 5.91 Å². The molecule has 0 radical (unpaired) electrons. The monoisotopic (exact) mass is 330 g/mol. The highest BCUT2D eigenvalue weighted by atomic mass is 19.1. The zero-order chi connectivity index (χ0) is 17.1. The molecule has 1 aliphatic heterocycles. The number of carbonyl (C=O) groups is 2. The van der Waals surface area contributed by atoms with Crippen LogP contribution in [0.1, 0.15) is 29.6 Å². The minimum Gasteiger partial charge on any atom is -0.322 e. The van der Waals surface area contributed by atoms with Crippen LogP contribution in [0.3, 0.4) is 0 Å². The lowest BCUT2D eigenvalue weighted by Crippen LogP contribution is -2.35. The molecule has 0 saturated carbocycles. The van der Waals surface area contributed by atoms with Crippen molar-refractivity contribution in [3.8, 4) is 0 Å². The largest absolute Gasteiger partial charge is 0.322 e. The highest BCUT2D eigenvalue weighted by Gasteiger charge is 2.20. The summed E-state index contributed by atoms with van der Waals surface area (Å²) >= 11 is 0. The highest BCUT2D eigenvalue weighted by molar-refractivity contribution is 6.05. The molecule has 2 amide bonds. The van der Waals surface area contributed by atoms with Gasteiger partial charge in [0, 0.05) is 30.4 Å². The van der Waals surface area contributed by atoms with E-state index in [-0.39, 0.29) is 11.5 Å². The van der Waals surface area contributed by atoms with E-state index in [0.717, 1.165) is 25.0 Å². The molecule has 0 bridgehead atoms. The second-order valence-corrected chi connectivity index (χ2v) is 5.63. The topological polar surface area (TPSA) is 49.4 Å². The first-order valence-corrected chi connectivity index (χ1v) is 7.71. The van der Waals surface area contributed by atoms with E-state index >= 15 is 0 Å². The first kappa shape index (κ1) is 16.1. The molecule has 4 nitrogen and oxygen atoms in total. The minimum absolute atomic E-state index is 0.0503. The SMILES string of the molecule is O=C(Nc1cccc(N2CCCCC2=O)c1)c1ccc(F)cc1F. The van der Waals surface area contributed by atoms with E-state index in [4.69, 9.17) is 0 Å². The predicted octanol–water partition coefficient (Wildman–Crippen LogP) is 3.73. The quantitative estimate of drug-likeness (QED) is 0.932. The molecule has 0 atom stereocenters. The number of benzene rings is 2. The van der Waals surface area contributed by atoms with E-state index in [0.29, 0.717) is 30.4 Å². The Hall–Kier alpha value is -2.76. The second-order valence-electron chi connectivity index (χ2n) is 5.63. The molecule has 6 heteroatoms. The molecular formula is C18H16F2N2O2. The summed E-state index contributed by atoms with van der Waals surface area (Å²) < 4.78 is 26.6. The van der Waals surface area contributed by atoms with Crippen LogP contribution in [0.5, 0.6) is 0 Å². The lowest BCUT2D eigenvalue weighted by molar-refractivity contribution is -0.119. The predicted molar refractivity (Wildman–Crippen MR) is 87.0 cm³/mol. The molecule has 2 aromatic carbocycles. The Morgan fingerprint density at radius 1 is 1.08 bits per heavy atom. The molecule has 24 heavy (non-hydrogen) atoms. The zero-order valence-corrected chi connectivity index (χ0v) is 12.9.